The molecular formula is C16H19N3O. The summed E-state index contributed by atoms with van der Waals surface area (Å²) in [5, 5.41) is 4.70. The maximum absolute atomic E-state index is 5.97. The summed E-state index contributed by atoms with van der Waals surface area (Å²) in [7, 11) is 0. The first-order chi connectivity index (χ1) is 9.75. The third-order valence-corrected chi connectivity index (χ3v) is 3.65. The smallest absolute Gasteiger partial charge is 0.134 e. The van der Waals surface area contributed by atoms with Crippen LogP contribution in [-0.4, -0.2) is 16.1 Å². The van der Waals surface area contributed by atoms with Gasteiger partial charge in [0.25, 0.3) is 0 Å². The molecule has 1 unspecified atom stereocenters. The number of furan rings is 1. The van der Waals surface area contributed by atoms with Crippen LogP contribution in [0, 0.1) is 6.92 Å². The monoisotopic (exact) mass is 269 g/mol. The Bertz CT molecular complexity index is 685. The van der Waals surface area contributed by atoms with Crippen molar-refractivity contribution in [1.29, 1.82) is 0 Å². The lowest BCUT2D eigenvalue weighted by Crippen LogP contribution is -2.23. The van der Waals surface area contributed by atoms with Crippen LogP contribution in [0.3, 0.4) is 0 Å². The first kappa shape index (κ1) is 12.9. The van der Waals surface area contributed by atoms with E-state index in [2.05, 4.69) is 34.8 Å². The molecule has 0 aliphatic rings. The number of benzene rings is 1. The van der Waals surface area contributed by atoms with Gasteiger partial charge in [0.1, 0.15) is 11.3 Å². The van der Waals surface area contributed by atoms with E-state index in [1.165, 1.54) is 10.9 Å². The van der Waals surface area contributed by atoms with Crippen LogP contribution in [0.2, 0.25) is 0 Å². The molecule has 3 rings (SSSR count). The molecule has 2 heterocycles. The molecule has 0 saturated carbocycles. The van der Waals surface area contributed by atoms with Gasteiger partial charge in [-0.25, -0.2) is 4.98 Å². The van der Waals surface area contributed by atoms with Crippen molar-refractivity contribution >= 4 is 11.0 Å². The Morgan fingerprint density at radius 2 is 2.20 bits per heavy atom. The van der Waals surface area contributed by atoms with Gasteiger partial charge in [0, 0.05) is 30.9 Å². The number of hydrogen-bond acceptors (Lipinski definition) is 3. The SMILES string of the molecule is Cc1c(C(C)NCCn2ccnc2)oc2ccccc12. The summed E-state index contributed by atoms with van der Waals surface area (Å²) in [5.41, 5.74) is 2.19. The van der Waals surface area contributed by atoms with Gasteiger partial charge in [-0.05, 0) is 25.5 Å². The molecule has 0 saturated heterocycles. The normalized spacial score (nSPS) is 12.9. The van der Waals surface area contributed by atoms with Gasteiger partial charge in [-0.2, -0.15) is 0 Å². The highest BCUT2D eigenvalue weighted by Gasteiger charge is 2.15. The molecule has 0 radical (unpaired) electrons. The third-order valence-electron chi connectivity index (χ3n) is 3.65. The van der Waals surface area contributed by atoms with Gasteiger partial charge in [-0.15, -0.1) is 0 Å². The highest BCUT2D eigenvalue weighted by molar-refractivity contribution is 5.82. The summed E-state index contributed by atoms with van der Waals surface area (Å²) < 4.78 is 8.03. The van der Waals surface area contributed by atoms with Crippen LogP contribution in [0.25, 0.3) is 11.0 Å². The molecule has 1 N–H and O–H groups in total. The molecule has 0 aliphatic carbocycles. The molecule has 0 fully saturated rings. The zero-order chi connectivity index (χ0) is 13.9. The van der Waals surface area contributed by atoms with Gasteiger partial charge in [-0.3, -0.25) is 0 Å². The average molecular weight is 269 g/mol. The van der Waals surface area contributed by atoms with Crippen LogP contribution in [0.15, 0.2) is 47.4 Å². The topological polar surface area (TPSA) is 43.0 Å². The van der Waals surface area contributed by atoms with Crippen LogP contribution in [0.5, 0.6) is 0 Å². The predicted octanol–water partition coefficient (Wildman–Crippen LogP) is 3.29. The second kappa shape index (κ2) is 5.51. The number of hydrogen-bond donors (Lipinski definition) is 1. The van der Waals surface area contributed by atoms with Crippen LogP contribution < -0.4 is 5.32 Å². The number of para-hydroxylation sites is 1. The average Bonchev–Trinajstić information content (AvgIpc) is 3.08. The van der Waals surface area contributed by atoms with E-state index >= 15 is 0 Å². The Hall–Kier alpha value is -2.07. The van der Waals surface area contributed by atoms with Crippen molar-refractivity contribution in [2.45, 2.75) is 26.4 Å². The number of imidazole rings is 1. The molecule has 4 nitrogen and oxygen atoms in total. The standard InChI is InChI=1S/C16H19N3O/c1-12-14-5-3-4-6-15(14)20-16(12)13(2)18-8-10-19-9-7-17-11-19/h3-7,9,11,13,18H,8,10H2,1-2H3. The van der Waals surface area contributed by atoms with E-state index in [0.717, 1.165) is 24.4 Å². The fourth-order valence-electron chi connectivity index (χ4n) is 2.53. The lowest BCUT2D eigenvalue weighted by Gasteiger charge is -2.12. The number of aryl methyl sites for hydroxylation is 1. The summed E-state index contributed by atoms with van der Waals surface area (Å²) in [6.07, 6.45) is 5.60. The molecule has 0 bridgehead atoms. The van der Waals surface area contributed by atoms with E-state index in [0.29, 0.717) is 0 Å². The maximum Gasteiger partial charge on any atom is 0.134 e. The molecule has 0 amide bonds. The molecule has 3 aromatic rings. The molecule has 0 aliphatic heterocycles. The molecule has 104 valence electrons. The van der Waals surface area contributed by atoms with E-state index in [-0.39, 0.29) is 6.04 Å². The van der Waals surface area contributed by atoms with Crippen molar-refractivity contribution in [3.63, 3.8) is 0 Å². The van der Waals surface area contributed by atoms with E-state index in [4.69, 9.17) is 4.42 Å². The summed E-state index contributed by atoms with van der Waals surface area (Å²) in [6.45, 7) is 6.05. The first-order valence-electron chi connectivity index (χ1n) is 6.93. The Morgan fingerprint density at radius 3 is 2.95 bits per heavy atom. The lowest BCUT2D eigenvalue weighted by molar-refractivity contribution is 0.438. The summed E-state index contributed by atoms with van der Waals surface area (Å²) in [5.74, 6) is 1.02. The zero-order valence-electron chi connectivity index (χ0n) is 11.8. The number of aromatic nitrogens is 2. The van der Waals surface area contributed by atoms with E-state index in [9.17, 15) is 0 Å². The lowest BCUT2D eigenvalue weighted by atomic mass is 10.1. The second-order valence-corrected chi connectivity index (χ2v) is 5.06. The van der Waals surface area contributed by atoms with E-state index in [1.54, 1.807) is 6.20 Å². The highest BCUT2D eigenvalue weighted by Crippen LogP contribution is 2.28. The van der Waals surface area contributed by atoms with Gasteiger partial charge in [0.15, 0.2) is 0 Å². The molecular weight excluding hydrogens is 250 g/mol. The quantitative estimate of drug-likeness (QED) is 0.773. The molecule has 4 heteroatoms. The number of nitrogens with zero attached hydrogens (tertiary/aromatic N) is 2. The molecule has 0 spiro atoms. The van der Waals surface area contributed by atoms with Crippen molar-refractivity contribution < 1.29 is 4.42 Å². The largest absolute Gasteiger partial charge is 0.459 e. The Kier molecular flexibility index (Phi) is 3.56. The molecule has 1 aromatic carbocycles. The van der Waals surface area contributed by atoms with Crippen LogP contribution >= 0.6 is 0 Å². The van der Waals surface area contributed by atoms with Gasteiger partial charge in [-0.1, -0.05) is 18.2 Å². The Balaban J connectivity index is 1.69. The van der Waals surface area contributed by atoms with Crippen molar-refractivity contribution in [2.75, 3.05) is 6.54 Å². The molecule has 2 aromatic heterocycles. The summed E-state index contributed by atoms with van der Waals surface area (Å²) in [6, 6.07) is 8.38. The second-order valence-electron chi connectivity index (χ2n) is 5.06. The Morgan fingerprint density at radius 1 is 1.35 bits per heavy atom. The van der Waals surface area contributed by atoms with Crippen LogP contribution in [0.4, 0.5) is 0 Å². The fraction of sp³-hybridized carbons (Fsp3) is 0.312. The molecule has 1 atom stereocenters. The minimum atomic E-state index is 0.200. The number of nitrogens with one attached hydrogen (secondary N) is 1. The minimum absolute atomic E-state index is 0.200. The molecule has 20 heavy (non-hydrogen) atoms. The van der Waals surface area contributed by atoms with Crippen LogP contribution in [0.1, 0.15) is 24.3 Å². The first-order valence-corrected chi connectivity index (χ1v) is 6.93. The number of fused-ring (bicyclic) bond motifs is 1. The zero-order valence-corrected chi connectivity index (χ0v) is 11.8. The van der Waals surface area contributed by atoms with Gasteiger partial charge >= 0.3 is 0 Å². The summed E-state index contributed by atoms with van der Waals surface area (Å²) in [4.78, 5) is 4.04. The predicted molar refractivity (Wildman–Crippen MR) is 79.6 cm³/mol. The fourth-order valence-corrected chi connectivity index (χ4v) is 2.53. The van der Waals surface area contributed by atoms with Crippen molar-refractivity contribution in [1.82, 2.24) is 14.9 Å². The maximum atomic E-state index is 5.97. The van der Waals surface area contributed by atoms with E-state index in [1.807, 2.05) is 30.7 Å². The minimum Gasteiger partial charge on any atom is -0.459 e. The van der Waals surface area contributed by atoms with Crippen molar-refractivity contribution in [2.24, 2.45) is 0 Å². The van der Waals surface area contributed by atoms with Crippen molar-refractivity contribution in [3.8, 4) is 0 Å². The third kappa shape index (κ3) is 2.47. The summed E-state index contributed by atoms with van der Waals surface area (Å²) >= 11 is 0. The number of rotatable bonds is 5. The van der Waals surface area contributed by atoms with E-state index < -0.39 is 0 Å². The van der Waals surface area contributed by atoms with Crippen molar-refractivity contribution in [3.05, 3.63) is 54.3 Å². The Labute approximate surface area is 118 Å². The van der Waals surface area contributed by atoms with Gasteiger partial charge in [0.2, 0.25) is 0 Å². The highest BCUT2D eigenvalue weighted by atomic mass is 16.3. The van der Waals surface area contributed by atoms with Gasteiger partial charge in [0.05, 0.1) is 12.4 Å². The van der Waals surface area contributed by atoms with Crippen LogP contribution in [-0.2, 0) is 6.54 Å². The van der Waals surface area contributed by atoms with Gasteiger partial charge < -0.3 is 14.3 Å².